The number of carbonyl (C=O) groups excluding carboxylic acids is 2. The number of unbranched alkanes of at least 4 members (excludes halogenated alkanes) is 1. The Morgan fingerprint density at radius 2 is 1.69 bits per heavy atom. The van der Waals surface area contributed by atoms with Crippen molar-refractivity contribution in [2.45, 2.75) is 122 Å². The number of ether oxygens (including phenoxy) is 3. The van der Waals surface area contributed by atoms with E-state index in [1.807, 2.05) is 18.2 Å². The van der Waals surface area contributed by atoms with Crippen LogP contribution in [0, 0.1) is 11.8 Å². The highest BCUT2D eigenvalue weighted by Crippen LogP contribution is 2.33. The molecule has 3 aliphatic rings. The van der Waals surface area contributed by atoms with Gasteiger partial charge in [0.25, 0.3) is 0 Å². The second-order valence-electron chi connectivity index (χ2n) is 11.9. The molecule has 0 aliphatic carbocycles. The summed E-state index contributed by atoms with van der Waals surface area (Å²) in [6.45, 7) is 6.42. The van der Waals surface area contributed by atoms with E-state index in [1.165, 1.54) is 12.0 Å². The van der Waals surface area contributed by atoms with Gasteiger partial charge in [-0.2, -0.15) is 0 Å². The number of fused-ring (bicyclic) bond motifs is 4. The van der Waals surface area contributed by atoms with Gasteiger partial charge in [0.1, 0.15) is 6.10 Å². The highest BCUT2D eigenvalue weighted by molar-refractivity contribution is 5.75. The highest BCUT2D eigenvalue weighted by Gasteiger charge is 2.32. The largest absolute Gasteiger partial charge is 0.457 e. The average Bonchev–Trinajstić information content (AvgIpc) is 2.89. The molecular weight excluding hydrogens is 490 g/mol. The number of carbonyl (C=O) groups is 2. The lowest BCUT2D eigenvalue weighted by Crippen LogP contribution is -2.37. The summed E-state index contributed by atoms with van der Waals surface area (Å²) >= 11 is 0. The zero-order valence-corrected chi connectivity index (χ0v) is 24.8. The van der Waals surface area contributed by atoms with Gasteiger partial charge in [0.05, 0.1) is 30.8 Å². The maximum atomic E-state index is 13.1. The number of nitrogens with zero attached hydrogens (tertiary/aromatic N) is 1. The number of amides is 1. The predicted octanol–water partition coefficient (Wildman–Crippen LogP) is 6.71. The Bertz CT molecular complexity index is 904. The van der Waals surface area contributed by atoms with Crippen LogP contribution in [-0.4, -0.2) is 61.4 Å². The fourth-order valence-electron chi connectivity index (χ4n) is 5.77. The van der Waals surface area contributed by atoms with Crippen molar-refractivity contribution in [3.05, 3.63) is 48.1 Å². The lowest BCUT2D eigenvalue weighted by molar-refractivity contribution is -0.154. The van der Waals surface area contributed by atoms with Gasteiger partial charge in [0, 0.05) is 32.9 Å². The van der Waals surface area contributed by atoms with Gasteiger partial charge in [-0.25, -0.2) is 0 Å². The second kappa shape index (κ2) is 16.2. The van der Waals surface area contributed by atoms with Crippen LogP contribution in [0.4, 0.5) is 0 Å². The van der Waals surface area contributed by atoms with Crippen LogP contribution in [0.5, 0.6) is 0 Å². The molecule has 2 fully saturated rings. The van der Waals surface area contributed by atoms with Crippen LogP contribution >= 0.6 is 0 Å². The van der Waals surface area contributed by atoms with Gasteiger partial charge in [-0.1, -0.05) is 55.9 Å². The van der Waals surface area contributed by atoms with Crippen LogP contribution in [0.2, 0.25) is 0 Å². The van der Waals surface area contributed by atoms with Crippen LogP contribution in [-0.2, 0) is 23.8 Å². The van der Waals surface area contributed by atoms with Gasteiger partial charge >= 0.3 is 5.97 Å². The topological polar surface area (TPSA) is 65.1 Å². The molecule has 3 heterocycles. The zero-order valence-electron chi connectivity index (χ0n) is 24.8. The van der Waals surface area contributed by atoms with Gasteiger partial charge in [-0.3, -0.25) is 9.59 Å². The maximum Gasteiger partial charge on any atom is 0.309 e. The summed E-state index contributed by atoms with van der Waals surface area (Å²) in [7, 11) is 3.57. The van der Waals surface area contributed by atoms with Crippen molar-refractivity contribution >= 4 is 11.9 Å². The molecule has 4 bridgehead atoms. The first kappa shape index (κ1) is 31.3. The molecule has 3 unspecified atom stereocenters. The van der Waals surface area contributed by atoms with E-state index < -0.39 is 0 Å². The monoisotopic (exact) mass is 541 g/mol. The van der Waals surface area contributed by atoms with E-state index in [4.69, 9.17) is 14.2 Å². The average molecular weight is 542 g/mol. The molecule has 6 nitrogen and oxygen atoms in total. The number of rotatable bonds is 6. The van der Waals surface area contributed by atoms with Gasteiger partial charge in [-0.15, -0.1) is 0 Å². The summed E-state index contributed by atoms with van der Waals surface area (Å²) in [5, 5.41) is 0. The first-order valence-electron chi connectivity index (χ1n) is 15.1. The zero-order chi connectivity index (χ0) is 28.2. The molecule has 0 N–H and O–H groups in total. The summed E-state index contributed by atoms with van der Waals surface area (Å²) in [6.07, 6.45) is 24.2. The highest BCUT2D eigenvalue weighted by atomic mass is 16.5. The van der Waals surface area contributed by atoms with E-state index in [0.29, 0.717) is 18.4 Å². The van der Waals surface area contributed by atoms with E-state index in [0.717, 1.165) is 51.4 Å². The van der Waals surface area contributed by atoms with Crippen molar-refractivity contribution in [3.63, 3.8) is 0 Å². The Morgan fingerprint density at radius 1 is 0.974 bits per heavy atom. The number of allylic oxidation sites excluding steroid dienone is 5. The van der Waals surface area contributed by atoms with Crippen molar-refractivity contribution < 1.29 is 23.8 Å². The molecule has 0 aromatic heterocycles. The molecule has 1 amide bonds. The summed E-state index contributed by atoms with van der Waals surface area (Å²) in [6, 6.07) is 0. The third-order valence-electron chi connectivity index (χ3n) is 8.10. The molecule has 7 atom stereocenters. The molecule has 6 heteroatoms. The van der Waals surface area contributed by atoms with Crippen molar-refractivity contribution in [3.8, 4) is 0 Å². The molecule has 2 saturated heterocycles. The lowest BCUT2D eigenvalue weighted by atomic mass is 9.90. The summed E-state index contributed by atoms with van der Waals surface area (Å²) in [5.74, 6) is 0.361. The van der Waals surface area contributed by atoms with Crippen molar-refractivity contribution in [1.82, 2.24) is 4.90 Å². The second-order valence-corrected chi connectivity index (χ2v) is 11.9. The molecule has 0 radical (unpaired) electrons. The molecule has 218 valence electrons. The number of esters is 1. The summed E-state index contributed by atoms with van der Waals surface area (Å²) in [5.41, 5.74) is 1.36. The van der Waals surface area contributed by atoms with Crippen LogP contribution in [0.15, 0.2) is 48.1 Å². The lowest BCUT2D eigenvalue weighted by Gasteiger charge is -2.37. The first-order chi connectivity index (χ1) is 18.7. The SMILES string of the molecule is CC=C1CC2CC(=O)OC(C=CC=CCCCC(=O)N(C)C)[C@@H](C)C=C[C@H](C)C[C@H]3CCCC(C[C@@H](C1)O2)O3. The number of hydrogen-bond donors (Lipinski definition) is 0. The van der Waals surface area contributed by atoms with E-state index in [9.17, 15) is 9.59 Å². The fraction of sp³-hybridized carbons (Fsp3) is 0.697. The van der Waals surface area contributed by atoms with Gasteiger partial charge in [0.15, 0.2) is 0 Å². The molecule has 0 aromatic rings. The minimum atomic E-state index is -0.357. The van der Waals surface area contributed by atoms with E-state index in [1.54, 1.807) is 19.0 Å². The Hall–Kier alpha value is -2.18. The Morgan fingerprint density at radius 3 is 2.44 bits per heavy atom. The Kier molecular flexibility index (Phi) is 13.0. The quantitative estimate of drug-likeness (QED) is 0.162. The third kappa shape index (κ3) is 11.1. The molecule has 3 aliphatic heterocycles. The van der Waals surface area contributed by atoms with Crippen LogP contribution < -0.4 is 0 Å². The Labute approximate surface area is 236 Å². The van der Waals surface area contributed by atoms with E-state index >= 15 is 0 Å². The van der Waals surface area contributed by atoms with Gasteiger partial charge in [-0.05, 0) is 70.3 Å². The van der Waals surface area contributed by atoms with Crippen LogP contribution in [0.3, 0.4) is 0 Å². The first-order valence-corrected chi connectivity index (χ1v) is 15.1. The fourth-order valence-corrected chi connectivity index (χ4v) is 5.77. The number of cyclic esters (lactones) is 1. The van der Waals surface area contributed by atoms with Crippen molar-refractivity contribution in [2.75, 3.05) is 14.1 Å². The van der Waals surface area contributed by atoms with Crippen LogP contribution in [0.25, 0.3) is 0 Å². The minimum absolute atomic E-state index is 0.0396. The molecule has 0 saturated carbocycles. The standard InChI is InChI=1S/C33H51NO5/c1-6-26-20-29-22-28-14-12-13-27(37-28)19-24(2)17-18-25(3)31(39-33(36)23-30(21-26)38-29)15-10-8-7-9-11-16-32(35)34(4)5/h6-8,10,15,17-18,24-25,27-31H,9,11-14,16,19-23H2,1-5H3/t24-,25-,27+,28?,29+,30?,31?/m0/s1. The third-order valence-corrected chi connectivity index (χ3v) is 8.10. The van der Waals surface area contributed by atoms with Gasteiger partial charge < -0.3 is 19.1 Å². The maximum absolute atomic E-state index is 13.1. The van der Waals surface area contributed by atoms with Crippen LogP contribution in [0.1, 0.15) is 91.4 Å². The molecular formula is C33H51NO5. The number of hydrogen-bond acceptors (Lipinski definition) is 5. The normalized spacial score (nSPS) is 33.9. The van der Waals surface area contributed by atoms with Crippen molar-refractivity contribution in [1.29, 1.82) is 0 Å². The van der Waals surface area contributed by atoms with E-state index in [-0.39, 0.29) is 48.6 Å². The predicted molar refractivity (Wildman–Crippen MR) is 156 cm³/mol. The smallest absolute Gasteiger partial charge is 0.309 e. The van der Waals surface area contributed by atoms with Crippen molar-refractivity contribution in [2.24, 2.45) is 11.8 Å². The molecule has 0 aromatic carbocycles. The summed E-state index contributed by atoms with van der Waals surface area (Å²) in [4.78, 5) is 26.5. The van der Waals surface area contributed by atoms with E-state index in [2.05, 4.69) is 45.1 Å². The Balaban J connectivity index is 1.69. The van der Waals surface area contributed by atoms with Gasteiger partial charge in [0.2, 0.25) is 5.91 Å². The molecule has 39 heavy (non-hydrogen) atoms. The minimum Gasteiger partial charge on any atom is -0.457 e. The molecule has 0 spiro atoms. The summed E-state index contributed by atoms with van der Waals surface area (Å²) < 4.78 is 19.0. The molecule has 3 rings (SSSR count).